The van der Waals surface area contributed by atoms with Crippen LogP contribution in [0.4, 0.5) is 0 Å². The van der Waals surface area contributed by atoms with Crippen LogP contribution in [-0.2, 0) is 4.57 Å². The molecule has 6 heteroatoms. The SMILES string of the molecule is CCCCCC/C=C\CC/C=C\CCCCCC(O)(C[N+](C)(C)C)P(=O)(O)O. The highest BCUT2D eigenvalue weighted by molar-refractivity contribution is 7.53. The molecule has 0 bridgehead atoms. The van der Waals surface area contributed by atoms with Crippen molar-refractivity contribution in [2.75, 3.05) is 27.7 Å². The molecule has 166 valence electrons. The molecule has 0 heterocycles. The minimum atomic E-state index is -4.55. The molecule has 28 heavy (non-hydrogen) atoms. The molecule has 0 saturated heterocycles. The second-order valence-corrected chi connectivity index (χ2v) is 10.9. The minimum Gasteiger partial charge on any atom is -0.373 e. The molecule has 0 amide bonds. The van der Waals surface area contributed by atoms with Crippen molar-refractivity contribution < 1.29 is 23.9 Å². The van der Waals surface area contributed by atoms with Crippen LogP contribution in [0.1, 0.15) is 84.0 Å². The number of allylic oxidation sites excluding steroid dienone is 4. The molecule has 0 fully saturated rings. The Morgan fingerprint density at radius 1 is 0.786 bits per heavy atom. The summed E-state index contributed by atoms with van der Waals surface area (Å²) in [4.78, 5) is 19.1. The summed E-state index contributed by atoms with van der Waals surface area (Å²) < 4.78 is 12.0. The topological polar surface area (TPSA) is 77.8 Å². The van der Waals surface area contributed by atoms with E-state index in [0.717, 1.165) is 32.1 Å². The van der Waals surface area contributed by atoms with Crippen molar-refractivity contribution in [1.82, 2.24) is 0 Å². The Morgan fingerprint density at radius 2 is 1.25 bits per heavy atom. The van der Waals surface area contributed by atoms with Gasteiger partial charge in [-0.1, -0.05) is 56.9 Å². The zero-order valence-electron chi connectivity index (χ0n) is 18.6. The number of likely N-dealkylation sites (N-methyl/N-ethyl adjacent to an activating group) is 1. The maximum absolute atomic E-state index is 11.7. The summed E-state index contributed by atoms with van der Waals surface area (Å²) in [6, 6.07) is 0. The Labute approximate surface area is 173 Å². The molecule has 1 atom stereocenters. The van der Waals surface area contributed by atoms with E-state index in [1.165, 1.54) is 32.1 Å². The number of aliphatic hydroxyl groups is 1. The standard InChI is InChI=1S/C22H44NO4P/c1-5-6-7-8-9-10-11-12-13-14-15-16-17-18-19-20-22(24,28(25,26)27)21-23(2,3)4/h10-11,14-15,24H,5-9,12-13,16-21H2,1-4H3,(H-,25,26,27)/p+1/b11-10-,15-14-. The van der Waals surface area contributed by atoms with Gasteiger partial charge in [0.15, 0.2) is 0 Å². The largest absolute Gasteiger partial charge is 0.373 e. The normalized spacial score (nSPS) is 15.5. The molecule has 0 aliphatic heterocycles. The highest BCUT2D eigenvalue weighted by atomic mass is 31.2. The van der Waals surface area contributed by atoms with Crippen molar-refractivity contribution in [2.45, 2.75) is 89.3 Å². The van der Waals surface area contributed by atoms with Crippen molar-refractivity contribution in [3.63, 3.8) is 0 Å². The van der Waals surface area contributed by atoms with Crippen LogP contribution in [0.5, 0.6) is 0 Å². The Kier molecular flexibility index (Phi) is 14.3. The fourth-order valence-corrected chi connectivity index (χ4v) is 4.33. The fourth-order valence-electron chi connectivity index (χ4n) is 3.28. The quantitative estimate of drug-likeness (QED) is 0.128. The van der Waals surface area contributed by atoms with Gasteiger partial charge in [0.1, 0.15) is 6.54 Å². The molecular formula is C22H45NO4P+. The fraction of sp³-hybridized carbons (Fsp3) is 0.818. The van der Waals surface area contributed by atoms with E-state index in [0.29, 0.717) is 10.9 Å². The van der Waals surface area contributed by atoms with E-state index in [4.69, 9.17) is 0 Å². The van der Waals surface area contributed by atoms with Gasteiger partial charge in [0.05, 0.1) is 21.1 Å². The van der Waals surface area contributed by atoms with Crippen LogP contribution >= 0.6 is 7.60 Å². The molecule has 0 spiro atoms. The summed E-state index contributed by atoms with van der Waals surface area (Å²) in [5, 5.41) is 8.56. The second kappa shape index (κ2) is 14.5. The average molecular weight is 419 g/mol. The van der Waals surface area contributed by atoms with Gasteiger partial charge in [-0.05, 0) is 51.4 Å². The lowest BCUT2D eigenvalue weighted by molar-refractivity contribution is -0.875. The van der Waals surface area contributed by atoms with Crippen LogP contribution in [0.3, 0.4) is 0 Å². The van der Waals surface area contributed by atoms with Gasteiger partial charge in [-0.3, -0.25) is 4.57 Å². The number of quaternary nitrogens is 1. The zero-order valence-corrected chi connectivity index (χ0v) is 19.5. The first-order valence-corrected chi connectivity index (χ1v) is 12.5. The summed E-state index contributed by atoms with van der Waals surface area (Å²) in [6.45, 7) is 2.28. The van der Waals surface area contributed by atoms with Crippen LogP contribution in [-0.4, -0.2) is 52.4 Å². The molecule has 0 aromatic heterocycles. The first-order valence-electron chi connectivity index (χ1n) is 10.9. The lowest BCUT2D eigenvalue weighted by atomic mass is 10.1. The molecule has 0 saturated carbocycles. The third kappa shape index (κ3) is 14.5. The molecule has 0 radical (unpaired) electrons. The van der Waals surface area contributed by atoms with E-state index in [1.54, 1.807) is 0 Å². The Hall–Kier alpha value is -0.450. The van der Waals surface area contributed by atoms with Crippen molar-refractivity contribution in [3.8, 4) is 0 Å². The lowest BCUT2D eigenvalue weighted by Crippen LogP contribution is -2.49. The predicted octanol–water partition coefficient (Wildman–Crippen LogP) is 5.37. The maximum Gasteiger partial charge on any atom is 0.362 e. The van der Waals surface area contributed by atoms with Gasteiger partial charge in [-0.15, -0.1) is 0 Å². The second-order valence-electron chi connectivity index (χ2n) is 8.94. The van der Waals surface area contributed by atoms with Gasteiger partial charge < -0.3 is 19.4 Å². The third-order valence-electron chi connectivity index (χ3n) is 4.78. The van der Waals surface area contributed by atoms with E-state index in [9.17, 15) is 19.5 Å². The van der Waals surface area contributed by atoms with E-state index in [1.807, 2.05) is 21.1 Å². The van der Waals surface area contributed by atoms with E-state index in [2.05, 4.69) is 31.2 Å². The van der Waals surface area contributed by atoms with E-state index < -0.39 is 12.9 Å². The first kappa shape index (κ1) is 27.5. The molecule has 0 rings (SSSR count). The molecule has 0 aliphatic carbocycles. The molecule has 0 aromatic carbocycles. The summed E-state index contributed by atoms with van der Waals surface area (Å²) in [5.41, 5.74) is 0. The molecule has 5 nitrogen and oxygen atoms in total. The highest BCUT2D eigenvalue weighted by Gasteiger charge is 2.48. The monoisotopic (exact) mass is 418 g/mol. The third-order valence-corrected chi connectivity index (χ3v) is 6.22. The minimum absolute atomic E-state index is 0.0449. The van der Waals surface area contributed by atoms with Crippen molar-refractivity contribution in [2.24, 2.45) is 0 Å². The van der Waals surface area contributed by atoms with Gasteiger partial charge >= 0.3 is 7.60 Å². The smallest absolute Gasteiger partial charge is 0.362 e. The molecule has 0 aliphatic rings. The van der Waals surface area contributed by atoms with Crippen LogP contribution in [0.25, 0.3) is 0 Å². The van der Waals surface area contributed by atoms with Crippen LogP contribution in [0.15, 0.2) is 24.3 Å². The molecule has 1 unspecified atom stereocenters. The number of unbranched alkanes of at least 4 members (excludes halogenated alkanes) is 8. The van der Waals surface area contributed by atoms with E-state index in [-0.39, 0.29) is 13.0 Å². The number of hydrogen-bond acceptors (Lipinski definition) is 2. The van der Waals surface area contributed by atoms with Crippen LogP contribution in [0.2, 0.25) is 0 Å². The summed E-state index contributed by atoms with van der Waals surface area (Å²) in [6.07, 6.45) is 21.1. The average Bonchev–Trinajstić information content (AvgIpc) is 2.56. The summed E-state index contributed by atoms with van der Waals surface area (Å²) in [5.74, 6) is 0. The molecule has 3 N–H and O–H groups in total. The Balaban J connectivity index is 3.88. The maximum atomic E-state index is 11.7. The van der Waals surface area contributed by atoms with Gasteiger partial charge in [0.25, 0.3) is 0 Å². The zero-order chi connectivity index (χ0) is 21.5. The number of hydrogen-bond donors (Lipinski definition) is 3. The van der Waals surface area contributed by atoms with Crippen molar-refractivity contribution in [1.29, 1.82) is 0 Å². The van der Waals surface area contributed by atoms with Gasteiger partial charge in [-0.2, -0.15) is 0 Å². The van der Waals surface area contributed by atoms with Crippen LogP contribution in [0, 0.1) is 0 Å². The van der Waals surface area contributed by atoms with E-state index >= 15 is 0 Å². The first-order chi connectivity index (χ1) is 13.0. The predicted molar refractivity (Wildman–Crippen MR) is 119 cm³/mol. The van der Waals surface area contributed by atoms with Crippen LogP contribution < -0.4 is 0 Å². The molecular weight excluding hydrogens is 373 g/mol. The van der Waals surface area contributed by atoms with Gasteiger partial charge in [0.2, 0.25) is 5.34 Å². The number of nitrogens with zero attached hydrogens (tertiary/aromatic N) is 1. The van der Waals surface area contributed by atoms with Gasteiger partial charge in [-0.25, -0.2) is 0 Å². The highest BCUT2D eigenvalue weighted by Crippen LogP contribution is 2.52. The lowest BCUT2D eigenvalue weighted by Gasteiger charge is -2.35. The Morgan fingerprint density at radius 3 is 1.68 bits per heavy atom. The summed E-state index contributed by atoms with van der Waals surface area (Å²) >= 11 is 0. The summed E-state index contributed by atoms with van der Waals surface area (Å²) in [7, 11) is 0.927. The van der Waals surface area contributed by atoms with Gasteiger partial charge in [0, 0.05) is 0 Å². The molecule has 0 aromatic rings. The van der Waals surface area contributed by atoms with Crippen molar-refractivity contribution in [3.05, 3.63) is 24.3 Å². The Bertz CT molecular complexity index is 493. The van der Waals surface area contributed by atoms with Crippen molar-refractivity contribution >= 4 is 7.60 Å². The number of rotatable bonds is 17.